The average molecular weight is 140 g/mol. The molecule has 0 aromatic heterocycles. The molecule has 0 aromatic carbocycles. The maximum atomic E-state index is 10.5. The zero-order valence-corrected chi connectivity index (χ0v) is 7.50. The molecule has 0 N–H and O–H groups in total. The summed E-state index contributed by atoms with van der Waals surface area (Å²) in [5.41, 5.74) is 0. The van der Waals surface area contributed by atoms with E-state index in [9.17, 15) is 3.57 Å². The van der Waals surface area contributed by atoms with E-state index in [2.05, 4.69) is 0 Å². The fourth-order valence-corrected chi connectivity index (χ4v) is 1.84. The van der Waals surface area contributed by atoms with E-state index in [1.54, 1.807) is 0 Å². The third kappa shape index (κ3) is 2.65. The van der Waals surface area contributed by atoms with Crippen LogP contribution >= 0.6 is 0 Å². The van der Waals surface area contributed by atoms with Gasteiger partial charge in [0, 0.05) is 0 Å². The summed E-state index contributed by atoms with van der Waals surface area (Å²) < 4.78 is 10.5. The van der Waals surface area contributed by atoms with Gasteiger partial charge in [0.15, 0.2) is 0 Å². The maximum absolute atomic E-state index is 10.5. The van der Waals surface area contributed by atoms with E-state index in [0.29, 0.717) is 0 Å². The van der Waals surface area contributed by atoms with Crippen LogP contribution in [-0.4, -0.2) is 0 Å². The van der Waals surface area contributed by atoms with Gasteiger partial charge in [-0.3, -0.25) is 0 Å². The van der Waals surface area contributed by atoms with E-state index in [4.69, 9.17) is 0 Å². The van der Waals surface area contributed by atoms with Crippen molar-refractivity contribution >= 4 is 0 Å². The fraction of sp³-hybridized carbons (Fsp3) is 1.00. The normalized spacial score (nSPS) is 6.83. The SMILES string of the molecule is C[CH2][Zn](=[O])[CH2]C. The molecule has 6 heavy (non-hydrogen) atoms. The molecule has 0 aliphatic carbocycles. The first-order chi connectivity index (χ1) is 2.81. The van der Waals surface area contributed by atoms with Crippen LogP contribution in [0.25, 0.3) is 0 Å². The van der Waals surface area contributed by atoms with Gasteiger partial charge in [-0.05, 0) is 0 Å². The van der Waals surface area contributed by atoms with Crippen LogP contribution < -0.4 is 0 Å². The van der Waals surface area contributed by atoms with Crippen molar-refractivity contribution in [2.24, 2.45) is 0 Å². The Balaban J connectivity index is 2.99. The molecule has 0 unspecified atom stereocenters. The molecular formula is C4H10OZn. The second-order valence-corrected chi connectivity index (χ2v) is 9.15. The molecule has 0 fully saturated rings. The molecule has 0 amide bonds. The van der Waals surface area contributed by atoms with Crippen LogP contribution in [0, 0.1) is 0 Å². The Morgan fingerprint density at radius 2 is 1.67 bits per heavy atom. The van der Waals surface area contributed by atoms with Gasteiger partial charge in [0.2, 0.25) is 0 Å². The van der Waals surface area contributed by atoms with Crippen LogP contribution in [0.4, 0.5) is 0 Å². The van der Waals surface area contributed by atoms with E-state index in [1.165, 1.54) is 0 Å². The van der Waals surface area contributed by atoms with E-state index in [0.717, 1.165) is 10.0 Å². The molecule has 0 saturated carbocycles. The van der Waals surface area contributed by atoms with Crippen LogP contribution in [-0.2, 0) is 19.5 Å². The van der Waals surface area contributed by atoms with Gasteiger partial charge in [0.1, 0.15) is 0 Å². The molecule has 0 heterocycles. The molecule has 0 radical (unpaired) electrons. The Labute approximate surface area is 43.9 Å². The third-order valence-electron chi connectivity index (χ3n) is 1.12. The molecule has 0 spiro atoms. The van der Waals surface area contributed by atoms with Crippen molar-refractivity contribution in [1.82, 2.24) is 0 Å². The molecule has 0 aliphatic rings. The van der Waals surface area contributed by atoms with Crippen molar-refractivity contribution in [2.75, 3.05) is 0 Å². The predicted molar refractivity (Wildman–Crippen MR) is 21.6 cm³/mol. The Morgan fingerprint density at radius 3 is 1.67 bits per heavy atom. The number of rotatable bonds is 2. The van der Waals surface area contributed by atoms with Crippen LogP contribution in [0.3, 0.4) is 0 Å². The minimum atomic E-state index is -1.96. The third-order valence-corrected chi connectivity index (χ3v) is 5.80. The van der Waals surface area contributed by atoms with E-state index >= 15 is 0 Å². The summed E-state index contributed by atoms with van der Waals surface area (Å²) in [5, 5.41) is 1.97. The summed E-state index contributed by atoms with van der Waals surface area (Å²) >= 11 is -1.96. The van der Waals surface area contributed by atoms with E-state index in [1.807, 2.05) is 13.8 Å². The topological polar surface area (TPSA) is 17.1 Å². The zero-order valence-electron chi connectivity index (χ0n) is 4.53. The summed E-state index contributed by atoms with van der Waals surface area (Å²) in [5.74, 6) is 0. The van der Waals surface area contributed by atoms with E-state index < -0.39 is 15.9 Å². The van der Waals surface area contributed by atoms with Gasteiger partial charge in [0.25, 0.3) is 0 Å². The van der Waals surface area contributed by atoms with Gasteiger partial charge in [-0.15, -0.1) is 0 Å². The van der Waals surface area contributed by atoms with Crippen LogP contribution in [0.2, 0.25) is 10.0 Å². The first-order valence-electron chi connectivity index (χ1n) is 2.70. The average Bonchev–Trinajstić information content (AvgIpc) is 1.65. The molecule has 0 aliphatic heterocycles. The Hall–Kier alpha value is 0.423. The Kier molecular flexibility index (Phi) is 3.86. The summed E-state index contributed by atoms with van der Waals surface area (Å²) in [4.78, 5) is 0. The second-order valence-electron chi connectivity index (χ2n) is 1.76. The monoisotopic (exact) mass is 138 g/mol. The first kappa shape index (κ1) is 6.42. The quantitative estimate of drug-likeness (QED) is 0.534. The number of hydrogen-bond acceptors (Lipinski definition) is 1. The molecule has 0 bridgehead atoms. The summed E-state index contributed by atoms with van der Waals surface area (Å²) in [7, 11) is 0. The standard InChI is InChI=1S/2C2H5.O.Zn/c2*1-2;;/h2*1H2,2H3;;. The minimum absolute atomic E-state index is 0.983. The number of hydrogen-bond donors (Lipinski definition) is 0. The van der Waals surface area contributed by atoms with Crippen molar-refractivity contribution in [3.63, 3.8) is 0 Å². The molecule has 0 atom stereocenters. The molecule has 0 aromatic rings. The van der Waals surface area contributed by atoms with Crippen LogP contribution in [0.1, 0.15) is 13.8 Å². The Bertz CT molecular complexity index is 45.5. The van der Waals surface area contributed by atoms with Crippen molar-refractivity contribution < 1.29 is 19.5 Å². The van der Waals surface area contributed by atoms with E-state index in [-0.39, 0.29) is 0 Å². The fourth-order valence-electron chi connectivity index (χ4n) is 0.354. The molecule has 0 saturated heterocycles. The van der Waals surface area contributed by atoms with Crippen LogP contribution in [0.5, 0.6) is 0 Å². The van der Waals surface area contributed by atoms with Gasteiger partial charge < -0.3 is 0 Å². The summed E-state index contributed by atoms with van der Waals surface area (Å²) in [6.07, 6.45) is 0. The molecule has 0 rings (SSSR count). The van der Waals surface area contributed by atoms with Crippen molar-refractivity contribution in [1.29, 1.82) is 0 Å². The molecule has 34 valence electrons. The molecular weight excluding hydrogens is 129 g/mol. The molecule has 2 heteroatoms. The van der Waals surface area contributed by atoms with Crippen molar-refractivity contribution in [3.8, 4) is 0 Å². The van der Waals surface area contributed by atoms with Gasteiger partial charge in [0.05, 0.1) is 0 Å². The van der Waals surface area contributed by atoms with Gasteiger partial charge in [-0.25, -0.2) is 0 Å². The van der Waals surface area contributed by atoms with Gasteiger partial charge >= 0.3 is 43.4 Å². The molecule has 1 nitrogen and oxygen atoms in total. The van der Waals surface area contributed by atoms with Crippen molar-refractivity contribution in [3.05, 3.63) is 0 Å². The van der Waals surface area contributed by atoms with Crippen LogP contribution in [0.15, 0.2) is 0 Å². The summed E-state index contributed by atoms with van der Waals surface area (Å²) in [6.45, 7) is 4.02. The summed E-state index contributed by atoms with van der Waals surface area (Å²) in [6, 6.07) is 0. The van der Waals surface area contributed by atoms with Gasteiger partial charge in [-0.2, -0.15) is 0 Å². The van der Waals surface area contributed by atoms with Gasteiger partial charge in [-0.1, -0.05) is 0 Å². The Morgan fingerprint density at radius 1 is 1.33 bits per heavy atom. The first-order valence-corrected chi connectivity index (χ1v) is 8.11. The zero-order chi connectivity index (χ0) is 4.99. The second kappa shape index (κ2) is 3.61. The predicted octanol–water partition coefficient (Wildman–Crippen LogP) is 1.83. The van der Waals surface area contributed by atoms with Crippen molar-refractivity contribution in [2.45, 2.75) is 23.9 Å².